The van der Waals surface area contributed by atoms with E-state index in [-0.39, 0.29) is 12.2 Å². The second-order valence-corrected chi connectivity index (χ2v) is 5.22. The number of hydrogen-bond acceptors (Lipinski definition) is 6. The summed E-state index contributed by atoms with van der Waals surface area (Å²) in [4.78, 5) is 24.0. The maximum atomic E-state index is 12.0. The van der Waals surface area contributed by atoms with E-state index < -0.39 is 17.7 Å². The van der Waals surface area contributed by atoms with Crippen molar-refractivity contribution in [3.63, 3.8) is 0 Å². The summed E-state index contributed by atoms with van der Waals surface area (Å²) in [5.74, 6) is -1.90. The Morgan fingerprint density at radius 1 is 1.22 bits per heavy atom. The normalized spacial score (nSPS) is 16.2. The van der Waals surface area contributed by atoms with Crippen molar-refractivity contribution in [3.05, 3.63) is 42.0 Å². The van der Waals surface area contributed by atoms with Gasteiger partial charge in [-0.15, -0.1) is 0 Å². The van der Waals surface area contributed by atoms with Gasteiger partial charge in [-0.2, -0.15) is 0 Å². The van der Waals surface area contributed by atoms with Gasteiger partial charge in [-0.1, -0.05) is 24.8 Å². The molecule has 1 aliphatic heterocycles. The van der Waals surface area contributed by atoms with E-state index in [2.05, 4.69) is 6.58 Å². The van der Waals surface area contributed by atoms with Crippen LogP contribution in [0.4, 0.5) is 0 Å². The van der Waals surface area contributed by atoms with Gasteiger partial charge < -0.3 is 18.9 Å². The lowest BCUT2D eigenvalue weighted by Gasteiger charge is -2.29. The lowest BCUT2D eigenvalue weighted by Crippen LogP contribution is -2.41. The highest BCUT2D eigenvalue weighted by atomic mass is 16.7. The number of benzene rings is 1. The van der Waals surface area contributed by atoms with E-state index in [1.165, 1.54) is 27.0 Å². The Labute approximate surface area is 134 Å². The van der Waals surface area contributed by atoms with Crippen molar-refractivity contribution in [2.75, 3.05) is 13.7 Å². The minimum atomic E-state index is -1.28. The maximum absolute atomic E-state index is 12.0. The Morgan fingerprint density at radius 2 is 1.87 bits per heavy atom. The molecule has 1 saturated heterocycles. The van der Waals surface area contributed by atoms with Crippen molar-refractivity contribution in [1.29, 1.82) is 0 Å². The smallest absolute Gasteiger partial charge is 0.348 e. The number of cyclic esters (lactones) is 2. The number of carbonyl (C=O) groups is 2. The molecule has 6 heteroatoms. The van der Waals surface area contributed by atoms with Crippen molar-refractivity contribution in [3.8, 4) is 11.5 Å². The molecule has 0 saturated carbocycles. The third-order valence-corrected chi connectivity index (χ3v) is 2.99. The zero-order chi connectivity index (χ0) is 17.0. The van der Waals surface area contributed by atoms with E-state index in [4.69, 9.17) is 18.9 Å². The molecule has 0 unspecified atom stereocenters. The fraction of sp³-hybridized carbons (Fsp3) is 0.294. The number of para-hydroxylation sites is 1. The molecule has 0 atom stereocenters. The molecule has 1 aromatic carbocycles. The van der Waals surface area contributed by atoms with Crippen LogP contribution in [-0.4, -0.2) is 31.4 Å². The van der Waals surface area contributed by atoms with Crippen molar-refractivity contribution in [2.45, 2.75) is 19.6 Å². The second kappa shape index (κ2) is 6.56. The van der Waals surface area contributed by atoms with Crippen molar-refractivity contribution in [2.24, 2.45) is 0 Å². The van der Waals surface area contributed by atoms with E-state index in [1.807, 2.05) is 0 Å². The fourth-order valence-electron chi connectivity index (χ4n) is 2.04. The minimum absolute atomic E-state index is 0.207. The topological polar surface area (TPSA) is 71.1 Å². The summed E-state index contributed by atoms with van der Waals surface area (Å²) in [7, 11) is 1.50. The summed E-state index contributed by atoms with van der Waals surface area (Å²) >= 11 is 0. The first-order valence-corrected chi connectivity index (χ1v) is 6.97. The van der Waals surface area contributed by atoms with E-state index in [0.29, 0.717) is 17.1 Å². The largest absolute Gasteiger partial charge is 0.493 e. The molecule has 1 aliphatic rings. The summed E-state index contributed by atoms with van der Waals surface area (Å²) in [6, 6.07) is 5.12. The quantitative estimate of drug-likeness (QED) is 0.359. The molecule has 1 aromatic rings. The molecule has 6 nitrogen and oxygen atoms in total. The molecule has 1 fully saturated rings. The highest BCUT2D eigenvalue weighted by Gasteiger charge is 2.39. The Balaban J connectivity index is 2.44. The SMILES string of the molecule is C=CCOc1c(C=C2C(=O)OC(C)(C)OC2=O)cccc1OC. The Hall–Kier alpha value is -2.76. The number of carbonyl (C=O) groups excluding carboxylic acids is 2. The van der Waals surface area contributed by atoms with Crippen LogP contribution >= 0.6 is 0 Å². The van der Waals surface area contributed by atoms with E-state index in [9.17, 15) is 9.59 Å². The Morgan fingerprint density at radius 3 is 2.43 bits per heavy atom. The van der Waals surface area contributed by atoms with E-state index in [1.54, 1.807) is 24.3 Å². The van der Waals surface area contributed by atoms with Gasteiger partial charge in [-0.3, -0.25) is 0 Å². The van der Waals surface area contributed by atoms with Crippen molar-refractivity contribution >= 4 is 18.0 Å². The molecule has 1 heterocycles. The van der Waals surface area contributed by atoms with E-state index >= 15 is 0 Å². The summed E-state index contributed by atoms with van der Waals surface area (Å²) in [5.41, 5.74) is 0.288. The molecular formula is C17H18O6. The zero-order valence-corrected chi connectivity index (χ0v) is 13.3. The highest BCUT2D eigenvalue weighted by Crippen LogP contribution is 2.34. The van der Waals surface area contributed by atoms with Crippen LogP contribution in [0.25, 0.3) is 6.08 Å². The monoisotopic (exact) mass is 318 g/mol. The number of esters is 2. The minimum Gasteiger partial charge on any atom is -0.493 e. The first-order chi connectivity index (χ1) is 10.9. The molecule has 0 amide bonds. The average molecular weight is 318 g/mol. The van der Waals surface area contributed by atoms with Gasteiger partial charge in [0, 0.05) is 19.4 Å². The van der Waals surface area contributed by atoms with E-state index in [0.717, 1.165) is 0 Å². The third kappa shape index (κ3) is 3.71. The summed E-state index contributed by atoms with van der Waals surface area (Å²) in [5, 5.41) is 0. The van der Waals surface area contributed by atoms with Crippen LogP contribution in [0.5, 0.6) is 11.5 Å². The number of methoxy groups -OCH3 is 1. The molecule has 0 radical (unpaired) electrons. The summed E-state index contributed by atoms with van der Waals surface area (Å²) in [6.45, 7) is 6.82. The van der Waals surface area contributed by atoms with Crippen molar-refractivity contribution in [1.82, 2.24) is 0 Å². The average Bonchev–Trinajstić information content (AvgIpc) is 2.48. The molecule has 0 bridgehead atoms. The predicted molar refractivity (Wildman–Crippen MR) is 82.9 cm³/mol. The summed E-state index contributed by atoms with van der Waals surface area (Å²) < 4.78 is 20.9. The van der Waals surface area contributed by atoms with Gasteiger partial charge in [0.2, 0.25) is 0 Å². The molecule has 0 aromatic heterocycles. The molecule has 122 valence electrons. The van der Waals surface area contributed by atoms with Gasteiger partial charge in [-0.25, -0.2) is 9.59 Å². The van der Waals surface area contributed by atoms with Crippen LogP contribution in [0.2, 0.25) is 0 Å². The van der Waals surface area contributed by atoms with Crippen LogP contribution in [0.15, 0.2) is 36.4 Å². The van der Waals surface area contributed by atoms with Gasteiger partial charge >= 0.3 is 11.9 Å². The first kappa shape index (κ1) is 16.6. The van der Waals surface area contributed by atoms with Crippen molar-refractivity contribution < 1.29 is 28.5 Å². The third-order valence-electron chi connectivity index (χ3n) is 2.99. The predicted octanol–water partition coefficient (Wildman–Crippen LogP) is 2.48. The van der Waals surface area contributed by atoms with Gasteiger partial charge in [0.15, 0.2) is 11.5 Å². The van der Waals surface area contributed by atoms with Gasteiger partial charge in [-0.05, 0) is 12.1 Å². The molecule has 0 N–H and O–H groups in total. The molecule has 2 rings (SSSR count). The van der Waals surface area contributed by atoms with Crippen LogP contribution in [-0.2, 0) is 19.1 Å². The number of hydrogen-bond donors (Lipinski definition) is 0. The zero-order valence-electron chi connectivity index (χ0n) is 13.3. The Bertz CT molecular complexity index is 650. The lowest BCUT2D eigenvalue weighted by molar-refractivity contribution is -0.222. The maximum Gasteiger partial charge on any atom is 0.348 e. The second-order valence-electron chi connectivity index (χ2n) is 5.22. The molecular weight excluding hydrogens is 300 g/mol. The highest BCUT2D eigenvalue weighted by molar-refractivity contribution is 6.19. The lowest BCUT2D eigenvalue weighted by atomic mass is 10.1. The molecule has 23 heavy (non-hydrogen) atoms. The summed E-state index contributed by atoms with van der Waals surface area (Å²) in [6.07, 6.45) is 2.94. The number of rotatable bonds is 5. The Kier molecular flexibility index (Phi) is 4.74. The fourth-order valence-corrected chi connectivity index (χ4v) is 2.04. The van der Waals surface area contributed by atoms with Gasteiger partial charge in [0.1, 0.15) is 12.2 Å². The molecule has 0 aliphatic carbocycles. The molecule has 0 spiro atoms. The van der Waals surface area contributed by atoms with Crippen LogP contribution in [0, 0.1) is 0 Å². The standard InChI is InChI=1S/C17H18O6/c1-5-9-21-14-11(7-6-8-13(14)20-4)10-12-15(18)22-17(2,3)23-16(12)19/h5-8,10H,1,9H2,2-4H3. The van der Waals surface area contributed by atoms with Gasteiger partial charge in [0.25, 0.3) is 5.79 Å². The first-order valence-electron chi connectivity index (χ1n) is 6.97. The van der Waals surface area contributed by atoms with Crippen LogP contribution in [0.3, 0.4) is 0 Å². The van der Waals surface area contributed by atoms with Crippen LogP contribution in [0.1, 0.15) is 19.4 Å². The van der Waals surface area contributed by atoms with Crippen LogP contribution < -0.4 is 9.47 Å². The van der Waals surface area contributed by atoms with Gasteiger partial charge in [0.05, 0.1) is 7.11 Å². The number of ether oxygens (including phenoxy) is 4.